The first-order valence-electron chi connectivity index (χ1n) is 9.34. The number of piperidine rings is 1. The average Bonchev–Trinajstić information content (AvgIpc) is 2.71. The molecule has 0 aliphatic carbocycles. The number of nitrogens with two attached hydrogens (primary N) is 1. The molecule has 0 bridgehead atoms. The summed E-state index contributed by atoms with van der Waals surface area (Å²) in [5.41, 5.74) is 5.82. The second kappa shape index (κ2) is 9.40. The van der Waals surface area contributed by atoms with Crippen molar-refractivity contribution in [1.29, 1.82) is 0 Å². The quantitative estimate of drug-likeness (QED) is 0.593. The van der Waals surface area contributed by atoms with Crippen LogP contribution in [0.1, 0.15) is 26.2 Å². The van der Waals surface area contributed by atoms with E-state index >= 15 is 0 Å². The Kier molecular flexibility index (Phi) is 7.12. The molecule has 1 unspecified atom stereocenters. The van der Waals surface area contributed by atoms with Crippen LogP contribution < -0.4 is 14.8 Å². The van der Waals surface area contributed by atoms with E-state index in [1.54, 1.807) is 55.5 Å². The largest absolute Gasteiger partial charge is 0.453 e. The molecular formula is C20H23Cl2N2O4P. The van der Waals surface area contributed by atoms with Crippen molar-refractivity contribution in [2.45, 2.75) is 38.0 Å². The molecule has 6 nitrogen and oxygen atoms in total. The minimum Gasteiger partial charge on any atom is -0.415 e. The number of likely N-dealkylation sites (tertiary alicyclic amines) is 1. The van der Waals surface area contributed by atoms with E-state index in [1.165, 1.54) is 4.90 Å². The van der Waals surface area contributed by atoms with Crippen LogP contribution in [0.15, 0.2) is 48.5 Å². The van der Waals surface area contributed by atoms with Gasteiger partial charge in [-0.25, -0.2) is 4.57 Å². The summed E-state index contributed by atoms with van der Waals surface area (Å²) in [6, 6.07) is 12.3. The van der Waals surface area contributed by atoms with Gasteiger partial charge >= 0.3 is 7.60 Å². The molecule has 29 heavy (non-hydrogen) atoms. The Balaban J connectivity index is 1.97. The van der Waals surface area contributed by atoms with Crippen molar-refractivity contribution in [3.05, 3.63) is 58.6 Å². The van der Waals surface area contributed by atoms with E-state index in [-0.39, 0.29) is 5.91 Å². The minimum atomic E-state index is -3.86. The zero-order valence-corrected chi connectivity index (χ0v) is 18.4. The molecule has 156 valence electrons. The fourth-order valence-electron chi connectivity index (χ4n) is 3.19. The number of carbonyl (C=O) groups is 1. The number of hydrogen-bond donors (Lipinski definition) is 1. The summed E-state index contributed by atoms with van der Waals surface area (Å²) in [5, 5.41) is 1.05. The number of rotatable bonds is 6. The lowest BCUT2D eigenvalue weighted by molar-refractivity contribution is -0.134. The van der Waals surface area contributed by atoms with Crippen LogP contribution in [0.25, 0.3) is 0 Å². The number of hydrogen-bond acceptors (Lipinski definition) is 5. The predicted molar refractivity (Wildman–Crippen MR) is 115 cm³/mol. The normalized spacial score (nSPS) is 18.2. The van der Waals surface area contributed by atoms with Crippen molar-refractivity contribution < 1.29 is 18.4 Å². The molecule has 1 saturated heterocycles. The molecule has 1 aliphatic rings. The summed E-state index contributed by atoms with van der Waals surface area (Å²) >= 11 is 11.9. The van der Waals surface area contributed by atoms with Gasteiger partial charge < -0.3 is 19.7 Å². The van der Waals surface area contributed by atoms with Gasteiger partial charge in [-0.2, -0.15) is 0 Å². The molecule has 1 fully saturated rings. The number of nitrogens with zero attached hydrogens (tertiary/aromatic N) is 1. The summed E-state index contributed by atoms with van der Waals surface area (Å²) in [7, 11) is -3.86. The molecule has 1 amide bonds. The lowest BCUT2D eigenvalue weighted by Crippen LogP contribution is -2.50. The van der Waals surface area contributed by atoms with Crippen LogP contribution in [0.3, 0.4) is 0 Å². The average molecular weight is 457 g/mol. The molecule has 9 heteroatoms. The molecule has 0 radical (unpaired) electrons. The molecule has 0 aromatic heterocycles. The standard InChI is InChI=1S/C20H23Cl2N2O4P/c1-14(23)20(25)24-13-3-2-4-19(24)29(26,27-17-9-5-15(21)6-10-17)28-18-11-7-16(22)8-12-18/h5-12,14,19H,2-4,13,23H2,1H3/t14-,19?/m0/s1. The molecule has 0 spiro atoms. The van der Waals surface area contributed by atoms with Gasteiger partial charge in [-0.3, -0.25) is 4.79 Å². The van der Waals surface area contributed by atoms with Crippen LogP contribution in [0, 0.1) is 0 Å². The highest BCUT2D eigenvalue weighted by molar-refractivity contribution is 7.55. The topological polar surface area (TPSA) is 81.9 Å². The summed E-state index contributed by atoms with van der Waals surface area (Å²) in [6.45, 7) is 2.06. The Hall–Kier alpha value is -1.72. The van der Waals surface area contributed by atoms with E-state index in [0.717, 1.165) is 12.8 Å². The highest BCUT2D eigenvalue weighted by Gasteiger charge is 2.46. The number of amides is 1. The molecule has 2 N–H and O–H groups in total. The van der Waals surface area contributed by atoms with Crippen molar-refractivity contribution in [3.8, 4) is 11.5 Å². The van der Waals surface area contributed by atoms with E-state index in [9.17, 15) is 9.36 Å². The summed E-state index contributed by atoms with van der Waals surface area (Å²) in [6.07, 6.45) is 2.08. The van der Waals surface area contributed by atoms with Crippen molar-refractivity contribution >= 4 is 36.7 Å². The van der Waals surface area contributed by atoms with Crippen LogP contribution >= 0.6 is 30.8 Å². The molecule has 0 saturated carbocycles. The van der Waals surface area contributed by atoms with Gasteiger partial charge in [0.1, 0.15) is 11.5 Å². The first kappa shape index (κ1) is 22.0. The molecule has 1 heterocycles. The number of halogens is 2. The third-order valence-corrected chi connectivity index (χ3v) is 7.30. The van der Waals surface area contributed by atoms with E-state index in [4.69, 9.17) is 38.0 Å². The predicted octanol–water partition coefficient (Wildman–Crippen LogP) is 5.33. The Morgan fingerprint density at radius 1 is 1.03 bits per heavy atom. The van der Waals surface area contributed by atoms with Crippen LogP contribution in [0.4, 0.5) is 0 Å². The SMILES string of the molecule is C[C@H](N)C(=O)N1CCCCC1P(=O)(Oc1ccc(Cl)cc1)Oc1ccc(Cl)cc1. The number of carbonyl (C=O) groups excluding carboxylic acids is 1. The van der Waals surface area contributed by atoms with Crippen LogP contribution in [0.2, 0.25) is 10.0 Å². The Morgan fingerprint density at radius 2 is 1.52 bits per heavy atom. The second-order valence-corrected chi connectivity index (χ2v) is 9.84. The van der Waals surface area contributed by atoms with Gasteiger partial charge in [0.25, 0.3) is 0 Å². The molecule has 2 atom stereocenters. The maximum Gasteiger partial charge on any atom is 0.453 e. The Labute approximate surface area is 180 Å². The maximum absolute atomic E-state index is 14.1. The van der Waals surface area contributed by atoms with Gasteiger partial charge in [-0.05, 0) is 74.7 Å². The summed E-state index contributed by atoms with van der Waals surface area (Å²) in [4.78, 5) is 14.2. The smallest absolute Gasteiger partial charge is 0.415 e. The van der Waals surface area contributed by atoms with Crippen molar-refractivity contribution in [2.24, 2.45) is 5.73 Å². The highest BCUT2D eigenvalue weighted by atomic mass is 35.5. The van der Waals surface area contributed by atoms with E-state index < -0.39 is 19.4 Å². The Morgan fingerprint density at radius 3 is 1.97 bits per heavy atom. The molecule has 2 aromatic rings. The second-order valence-electron chi connectivity index (χ2n) is 6.93. The van der Waals surface area contributed by atoms with Crippen LogP contribution in [-0.2, 0) is 9.36 Å². The summed E-state index contributed by atoms with van der Waals surface area (Å²) in [5.74, 6) is -0.355. The van der Waals surface area contributed by atoms with Crippen LogP contribution in [0.5, 0.6) is 11.5 Å². The van der Waals surface area contributed by atoms with Crippen LogP contribution in [-0.4, -0.2) is 29.2 Å². The molecule has 3 rings (SSSR count). The zero-order chi connectivity index (χ0) is 21.0. The van der Waals surface area contributed by atoms with Gasteiger partial charge in [0.15, 0.2) is 5.78 Å². The van der Waals surface area contributed by atoms with Gasteiger partial charge in [0, 0.05) is 16.6 Å². The van der Waals surface area contributed by atoms with Crippen molar-refractivity contribution in [2.75, 3.05) is 6.54 Å². The van der Waals surface area contributed by atoms with Crippen molar-refractivity contribution in [3.63, 3.8) is 0 Å². The van der Waals surface area contributed by atoms with E-state index in [1.807, 2.05) is 0 Å². The maximum atomic E-state index is 14.1. The fraction of sp³-hybridized carbons (Fsp3) is 0.350. The third-order valence-electron chi connectivity index (χ3n) is 4.60. The number of benzene rings is 2. The lowest BCUT2D eigenvalue weighted by atomic mass is 10.1. The monoisotopic (exact) mass is 456 g/mol. The van der Waals surface area contributed by atoms with Gasteiger partial charge in [0.05, 0.1) is 6.04 Å². The van der Waals surface area contributed by atoms with Gasteiger partial charge in [0.2, 0.25) is 5.91 Å². The van der Waals surface area contributed by atoms with E-state index in [2.05, 4.69) is 0 Å². The molecule has 1 aliphatic heterocycles. The Bertz CT molecular complexity index is 839. The van der Waals surface area contributed by atoms with E-state index in [0.29, 0.717) is 34.5 Å². The summed E-state index contributed by atoms with van der Waals surface area (Å²) < 4.78 is 25.9. The zero-order valence-electron chi connectivity index (χ0n) is 16.0. The van der Waals surface area contributed by atoms with Crippen molar-refractivity contribution in [1.82, 2.24) is 4.90 Å². The molecular weight excluding hydrogens is 434 g/mol. The molecule has 2 aromatic carbocycles. The van der Waals surface area contributed by atoms with Gasteiger partial charge in [-0.15, -0.1) is 0 Å². The first-order valence-corrected chi connectivity index (χ1v) is 11.7. The lowest BCUT2D eigenvalue weighted by Gasteiger charge is -2.39. The minimum absolute atomic E-state index is 0.283. The fourth-order valence-corrected chi connectivity index (χ4v) is 5.62. The third kappa shape index (κ3) is 5.46. The highest BCUT2D eigenvalue weighted by Crippen LogP contribution is 2.56. The first-order chi connectivity index (χ1) is 13.8. The van der Waals surface area contributed by atoms with Gasteiger partial charge in [-0.1, -0.05) is 23.2 Å².